The molecule has 0 fully saturated rings. The smallest absolute Gasteiger partial charge is 0.257 e. The maximum atomic E-state index is 13.6. The second kappa shape index (κ2) is 8.98. The van der Waals surface area contributed by atoms with E-state index in [9.17, 15) is 13.6 Å². The molecular formula is C20H19F2N5O. The molecule has 2 aromatic heterocycles. The third-order valence-electron chi connectivity index (χ3n) is 3.99. The van der Waals surface area contributed by atoms with E-state index in [0.29, 0.717) is 18.2 Å². The molecule has 0 saturated carbocycles. The highest BCUT2D eigenvalue weighted by Crippen LogP contribution is 2.17. The molecule has 3 aromatic rings. The van der Waals surface area contributed by atoms with Gasteiger partial charge in [0.25, 0.3) is 5.91 Å². The Morgan fingerprint density at radius 3 is 2.43 bits per heavy atom. The molecule has 1 aromatic carbocycles. The average molecular weight is 383 g/mol. The lowest BCUT2D eigenvalue weighted by Crippen LogP contribution is -2.30. The van der Waals surface area contributed by atoms with Crippen LogP contribution in [0.4, 0.5) is 14.6 Å². The Labute approximate surface area is 161 Å². The standard InChI is InChI=1S/C20H19F2N5O/c1-2-14-12-17(27-19(26-14)13-6-8-23-9-7-13)24-10-11-25-20(28)18-15(21)4-3-5-16(18)22/h3-9,12H,2,10-11H2,1H3,(H,25,28)(H,24,26,27). The van der Waals surface area contributed by atoms with Gasteiger partial charge in [0.05, 0.1) is 0 Å². The van der Waals surface area contributed by atoms with Crippen LogP contribution < -0.4 is 10.6 Å². The Hall–Kier alpha value is -3.42. The van der Waals surface area contributed by atoms with Gasteiger partial charge in [-0.1, -0.05) is 13.0 Å². The zero-order valence-corrected chi connectivity index (χ0v) is 15.2. The zero-order chi connectivity index (χ0) is 19.9. The van der Waals surface area contributed by atoms with Gasteiger partial charge >= 0.3 is 0 Å². The Morgan fingerprint density at radius 1 is 1.04 bits per heavy atom. The number of nitrogens with one attached hydrogen (secondary N) is 2. The lowest BCUT2D eigenvalue weighted by atomic mass is 10.2. The normalized spacial score (nSPS) is 10.5. The Bertz CT molecular complexity index is 946. The van der Waals surface area contributed by atoms with Gasteiger partial charge in [0.1, 0.15) is 23.0 Å². The van der Waals surface area contributed by atoms with E-state index in [2.05, 4.69) is 25.6 Å². The minimum Gasteiger partial charge on any atom is -0.368 e. The number of benzene rings is 1. The number of carbonyl (C=O) groups excluding carboxylic acids is 1. The van der Waals surface area contributed by atoms with Gasteiger partial charge in [-0.25, -0.2) is 18.7 Å². The lowest BCUT2D eigenvalue weighted by Gasteiger charge is -2.11. The molecule has 6 nitrogen and oxygen atoms in total. The van der Waals surface area contributed by atoms with Crippen molar-refractivity contribution in [3.63, 3.8) is 0 Å². The van der Waals surface area contributed by atoms with Crippen molar-refractivity contribution >= 4 is 11.7 Å². The van der Waals surface area contributed by atoms with E-state index in [4.69, 9.17) is 0 Å². The third kappa shape index (κ3) is 4.64. The largest absolute Gasteiger partial charge is 0.368 e. The summed E-state index contributed by atoms with van der Waals surface area (Å²) in [5.41, 5.74) is 1.12. The molecule has 0 aliphatic heterocycles. The van der Waals surface area contributed by atoms with Gasteiger partial charge in [0, 0.05) is 42.8 Å². The van der Waals surface area contributed by atoms with Crippen molar-refractivity contribution in [2.75, 3.05) is 18.4 Å². The number of halogens is 2. The number of nitrogens with zero attached hydrogens (tertiary/aromatic N) is 3. The quantitative estimate of drug-likeness (QED) is 0.613. The van der Waals surface area contributed by atoms with E-state index in [0.717, 1.165) is 29.8 Å². The Morgan fingerprint density at radius 2 is 1.75 bits per heavy atom. The minimum absolute atomic E-state index is 0.169. The highest BCUT2D eigenvalue weighted by Gasteiger charge is 2.16. The Kier molecular flexibility index (Phi) is 6.21. The predicted molar refractivity (Wildman–Crippen MR) is 102 cm³/mol. The van der Waals surface area contributed by atoms with Crippen LogP contribution in [0.15, 0.2) is 48.8 Å². The molecule has 2 heterocycles. The van der Waals surface area contributed by atoms with E-state index in [-0.39, 0.29) is 6.54 Å². The van der Waals surface area contributed by atoms with Crippen LogP contribution in [0.5, 0.6) is 0 Å². The molecule has 0 spiro atoms. The SMILES string of the molecule is CCc1cc(NCCNC(=O)c2c(F)cccc2F)nc(-c2ccncc2)n1. The predicted octanol–water partition coefficient (Wildman–Crippen LogP) is 3.22. The maximum Gasteiger partial charge on any atom is 0.257 e. The van der Waals surface area contributed by atoms with Crippen molar-refractivity contribution in [3.8, 4) is 11.4 Å². The summed E-state index contributed by atoms with van der Waals surface area (Å²) in [4.78, 5) is 25.0. The molecule has 0 aliphatic carbocycles. The van der Waals surface area contributed by atoms with Gasteiger partial charge in [-0.15, -0.1) is 0 Å². The summed E-state index contributed by atoms with van der Waals surface area (Å²) in [7, 11) is 0. The molecule has 0 bridgehead atoms. The molecule has 3 rings (SSSR count). The van der Waals surface area contributed by atoms with Gasteiger partial charge in [-0.3, -0.25) is 9.78 Å². The molecule has 144 valence electrons. The highest BCUT2D eigenvalue weighted by molar-refractivity contribution is 5.94. The van der Waals surface area contributed by atoms with E-state index in [1.165, 1.54) is 6.07 Å². The van der Waals surface area contributed by atoms with Crippen LogP contribution in [0.3, 0.4) is 0 Å². The summed E-state index contributed by atoms with van der Waals surface area (Å²) in [6.45, 7) is 2.49. The molecule has 1 amide bonds. The molecule has 2 N–H and O–H groups in total. The molecular weight excluding hydrogens is 364 g/mol. The zero-order valence-electron chi connectivity index (χ0n) is 15.2. The third-order valence-corrected chi connectivity index (χ3v) is 3.99. The van der Waals surface area contributed by atoms with Crippen molar-refractivity contribution < 1.29 is 13.6 Å². The second-order valence-corrected chi connectivity index (χ2v) is 5.94. The summed E-state index contributed by atoms with van der Waals surface area (Å²) in [5.74, 6) is -1.41. The van der Waals surface area contributed by atoms with Crippen molar-refractivity contribution in [1.29, 1.82) is 0 Å². The van der Waals surface area contributed by atoms with Gasteiger partial charge < -0.3 is 10.6 Å². The monoisotopic (exact) mass is 383 g/mol. The maximum absolute atomic E-state index is 13.6. The van der Waals surface area contributed by atoms with Crippen LogP contribution in [0.2, 0.25) is 0 Å². The highest BCUT2D eigenvalue weighted by atomic mass is 19.1. The van der Waals surface area contributed by atoms with Crippen LogP contribution in [-0.2, 0) is 6.42 Å². The molecule has 8 heteroatoms. The molecule has 0 radical (unpaired) electrons. The van der Waals surface area contributed by atoms with E-state index in [1.807, 2.05) is 25.1 Å². The van der Waals surface area contributed by atoms with Crippen LogP contribution in [-0.4, -0.2) is 33.9 Å². The van der Waals surface area contributed by atoms with Gasteiger partial charge in [-0.05, 0) is 30.7 Å². The van der Waals surface area contributed by atoms with Gasteiger partial charge in [0.15, 0.2) is 5.82 Å². The number of aryl methyl sites for hydroxylation is 1. The molecule has 0 unspecified atom stereocenters. The molecule has 0 aliphatic rings. The number of carbonyl (C=O) groups is 1. The first kappa shape index (κ1) is 19.3. The van der Waals surface area contributed by atoms with Crippen molar-refractivity contribution in [3.05, 3.63) is 71.7 Å². The van der Waals surface area contributed by atoms with Crippen LogP contribution in [0.1, 0.15) is 23.0 Å². The summed E-state index contributed by atoms with van der Waals surface area (Å²) >= 11 is 0. The minimum atomic E-state index is -0.893. The molecule has 28 heavy (non-hydrogen) atoms. The van der Waals surface area contributed by atoms with Gasteiger partial charge in [-0.2, -0.15) is 0 Å². The van der Waals surface area contributed by atoms with Crippen molar-refractivity contribution in [2.24, 2.45) is 0 Å². The topological polar surface area (TPSA) is 79.8 Å². The van der Waals surface area contributed by atoms with Crippen molar-refractivity contribution in [1.82, 2.24) is 20.3 Å². The number of hydrogen-bond donors (Lipinski definition) is 2. The first-order valence-electron chi connectivity index (χ1n) is 8.83. The second-order valence-electron chi connectivity index (χ2n) is 5.94. The van der Waals surface area contributed by atoms with E-state index in [1.54, 1.807) is 12.4 Å². The number of rotatable bonds is 7. The fraction of sp³-hybridized carbons (Fsp3) is 0.200. The van der Waals surface area contributed by atoms with Crippen LogP contribution in [0, 0.1) is 11.6 Å². The van der Waals surface area contributed by atoms with Crippen LogP contribution in [0.25, 0.3) is 11.4 Å². The average Bonchev–Trinajstić information content (AvgIpc) is 2.71. The number of aromatic nitrogens is 3. The number of hydrogen-bond acceptors (Lipinski definition) is 5. The number of anilines is 1. The first-order valence-corrected chi connectivity index (χ1v) is 8.83. The Balaban J connectivity index is 1.62. The lowest BCUT2D eigenvalue weighted by molar-refractivity contribution is 0.0946. The summed E-state index contributed by atoms with van der Waals surface area (Å²) in [6, 6.07) is 8.77. The van der Waals surface area contributed by atoms with Gasteiger partial charge in [0.2, 0.25) is 0 Å². The number of pyridine rings is 1. The van der Waals surface area contributed by atoms with Crippen molar-refractivity contribution in [2.45, 2.75) is 13.3 Å². The molecule has 0 atom stereocenters. The van der Waals surface area contributed by atoms with E-state index < -0.39 is 23.1 Å². The summed E-state index contributed by atoms with van der Waals surface area (Å²) in [5, 5.41) is 5.59. The summed E-state index contributed by atoms with van der Waals surface area (Å²) in [6.07, 6.45) is 4.07. The molecule has 0 saturated heterocycles. The van der Waals surface area contributed by atoms with Crippen LogP contribution >= 0.6 is 0 Å². The first-order chi connectivity index (χ1) is 13.6. The summed E-state index contributed by atoms with van der Waals surface area (Å²) < 4.78 is 27.3. The van der Waals surface area contributed by atoms with E-state index >= 15 is 0 Å². The number of amides is 1. The fourth-order valence-electron chi connectivity index (χ4n) is 2.57. The fourth-order valence-corrected chi connectivity index (χ4v) is 2.57.